The van der Waals surface area contributed by atoms with E-state index in [1.54, 1.807) is 12.1 Å². The van der Waals surface area contributed by atoms with E-state index in [0.717, 1.165) is 0 Å². The Morgan fingerprint density at radius 1 is 1.19 bits per heavy atom. The van der Waals surface area contributed by atoms with Crippen LogP contribution < -0.4 is 0 Å². The van der Waals surface area contributed by atoms with Gasteiger partial charge in [-0.15, -0.1) is 0 Å². The molecule has 21 heavy (non-hydrogen) atoms. The maximum atomic E-state index is 13.7. The minimum atomic E-state index is -2.78. The maximum absolute atomic E-state index is 13.7. The molecule has 0 spiro atoms. The molecule has 110 valence electrons. The third kappa shape index (κ3) is 3.05. The van der Waals surface area contributed by atoms with E-state index in [4.69, 9.17) is 4.74 Å². The lowest BCUT2D eigenvalue weighted by Gasteiger charge is -2.28. The van der Waals surface area contributed by atoms with Gasteiger partial charge in [-0.3, -0.25) is 9.97 Å². The molecule has 0 aromatic carbocycles. The predicted molar refractivity (Wildman–Crippen MR) is 70.3 cm³/mol. The van der Waals surface area contributed by atoms with Gasteiger partial charge in [0.25, 0.3) is 5.92 Å². The number of aromatic nitrogens is 2. The summed E-state index contributed by atoms with van der Waals surface area (Å²) in [6, 6.07) is 6.10. The normalized spacial score (nSPS) is 21.2. The first-order valence-electron chi connectivity index (χ1n) is 6.61. The number of halogens is 3. The summed E-state index contributed by atoms with van der Waals surface area (Å²) in [5.74, 6) is -3.22. The van der Waals surface area contributed by atoms with Gasteiger partial charge in [0.15, 0.2) is 0 Å². The van der Waals surface area contributed by atoms with Crippen LogP contribution in [-0.4, -0.2) is 22.5 Å². The second kappa shape index (κ2) is 5.44. The number of ether oxygens (including phenoxy) is 1. The molecule has 3 nitrogen and oxygen atoms in total. The van der Waals surface area contributed by atoms with Crippen molar-refractivity contribution in [3.8, 4) is 11.3 Å². The standard InChI is InChI=1S/C15H13F3N2O/c16-11-2-1-6-20-14(11)10-4-7-19-12(8-10)13-3-5-15(17,18)9-21-13/h1-2,4,6-8,13H,3,5,9H2. The Labute approximate surface area is 119 Å². The quantitative estimate of drug-likeness (QED) is 0.845. The summed E-state index contributed by atoms with van der Waals surface area (Å²) < 4.78 is 45.1. The van der Waals surface area contributed by atoms with Crippen LogP contribution >= 0.6 is 0 Å². The second-order valence-electron chi connectivity index (χ2n) is 5.00. The lowest BCUT2D eigenvalue weighted by atomic mass is 10.0. The molecule has 0 bridgehead atoms. The van der Waals surface area contributed by atoms with Gasteiger partial charge >= 0.3 is 0 Å². The summed E-state index contributed by atoms with van der Waals surface area (Å²) in [7, 11) is 0. The highest BCUT2D eigenvalue weighted by atomic mass is 19.3. The summed E-state index contributed by atoms with van der Waals surface area (Å²) >= 11 is 0. The minimum Gasteiger partial charge on any atom is -0.366 e. The Hall–Kier alpha value is -1.95. The van der Waals surface area contributed by atoms with Gasteiger partial charge in [-0.05, 0) is 30.7 Å². The van der Waals surface area contributed by atoms with Crippen LogP contribution in [-0.2, 0) is 4.74 Å². The fraction of sp³-hybridized carbons (Fsp3) is 0.333. The van der Waals surface area contributed by atoms with E-state index in [1.807, 2.05) is 0 Å². The lowest BCUT2D eigenvalue weighted by Crippen LogP contribution is -2.31. The van der Waals surface area contributed by atoms with E-state index in [2.05, 4.69) is 9.97 Å². The molecule has 1 aliphatic heterocycles. The third-order valence-corrected chi connectivity index (χ3v) is 3.41. The van der Waals surface area contributed by atoms with Gasteiger partial charge in [0.05, 0.1) is 11.8 Å². The molecule has 0 radical (unpaired) electrons. The van der Waals surface area contributed by atoms with Crippen molar-refractivity contribution in [2.75, 3.05) is 6.61 Å². The van der Waals surface area contributed by atoms with Crippen LogP contribution in [0.5, 0.6) is 0 Å². The van der Waals surface area contributed by atoms with E-state index >= 15 is 0 Å². The van der Waals surface area contributed by atoms with Gasteiger partial charge in [-0.25, -0.2) is 13.2 Å². The number of rotatable bonds is 2. The lowest BCUT2D eigenvalue weighted by molar-refractivity contribution is -0.146. The van der Waals surface area contributed by atoms with Crippen LogP contribution in [0.25, 0.3) is 11.3 Å². The third-order valence-electron chi connectivity index (χ3n) is 3.41. The number of pyridine rings is 2. The first-order chi connectivity index (χ1) is 10.1. The van der Waals surface area contributed by atoms with Crippen LogP contribution in [0, 0.1) is 5.82 Å². The van der Waals surface area contributed by atoms with Crippen molar-refractivity contribution < 1.29 is 17.9 Å². The summed E-state index contributed by atoms with van der Waals surface area (Å²) in [5.41, 5.74) is 1.29. The average molecular weight is 294 g/mol. The van der Waals surface area contributed by atoms with Crippen LogP contribution in [0.2, 0.25) is 0 Å². The van der Waals surface area contributed by atoms with E-state index in [0.29, 0.717) is 11.3 Å². The van der Waals surface area contributed by atoms with Crippen molar-refractivity contribution in [1.82, 2.24) is 9.97 Å². The van der Waals surface area contributed by atoms with Crippen LogP contribution in [0.1, 0.15) is 24.6 Å². The Kier molecular flexibility index (Phi) is 3.63. The summed E-state index contributed by atoms with van der Waals surface area (Å²) in [6.07, 6.45) is 2.47. The molecule has 0 amide bonds. The van der Waals surface area contributed by atoms with Crippen LogP contribution in [0.4, 0.5) is 13.2 Å². The zero-order valence-corrected chi connectivity index (χ0v) is 11.1. The van der Waals surface area contributed by atoms with Crippen molar-refractivity contribution in [1.29, 1.82) is 0 Å². The smallest absolute Gasteiger partial charge is 0.271 e. The summed E-state index contributed by atoms with van der Waals surface area (Å²) in [6.45, 7) is -0.610. The largest absolute Gasteiger partial charge is 0.366 e. The molecule has 2 aromatic rings. The topological polar surface area (TPSA) is 35.0 Å². The van der Waals surface area contributed by atoms with Crippen LogP contribution in [0.15, 0.2) is 36.7 Å². The molecule has 1 atom stereocenters. The Balaban J connectivity index is 1.86. The summed E-state index contributed by atoms with van der Waals surface area (Å²) in [5, 5.41) is 0. The Morgan fingerprint density at radius 3 is 2.76 bits per heavy atom. The van der Waals surface area contributed by atoms with Crippen molar-refractivity contribution >= 4 is 0 Å². The predicted octanol–water partition coefficient (Wildman–Crippen LogP) is 3.77. The van der Waals surface area contributed by atoms with Gasteiger partial charge in [0, 0.05) is 24.4 Å². The van der Waals surface area contributed by atoms with E-state index < -0.39 is 24.5 Å². The molecule has 1 saturated heterocycles. The van der Waals surface area contributed by atoms with Crippen molar-refractivity contribution in [2.24, 2.45) is 0 Å². The zero-order valence-electron chi connectivity index (χ0n) is 11.1. The molecular formula is C15H13F3N2O. The molecular weight excluding hydrogens is 281 g/mol. The molecule has 0 N–H and O–H groups in total. The molecule has 1 fully saturated rings. The number of alkyl halides is 2. The second-order valence-corrected chi connectivity index (χ2v) is 5.00. The molecule has 3 rings (SSSR count). The molecule has 2 aromatic heterocycles. The average Bonchev–Trinajstić information content (AvgIpc) is 2.48. The molecule has 1 unspecified atom stereocenters. The monoisotopic (exact) mass is 294 g/mol. The Bertz CT molecular complexity index is 638. The molecule has 6 heteroatoms. The minimum absolute atomic E-state index is 0.189. The van der Waals surface area contributed by atoms with Gasteiger partial charge in [-0.1, -0.05) is 0 Å². The summed E-state index contributed by atoms with van der Waals surface area (Å²) in [4.78, 5) is 8.14. The first kappa shape index (κ1) is 14.0. The highest BCUT2D eigenvalue weighted by molar-refractivity contribution is 5.59. The van der Waals surface area contributed by atoms with Crippen molar-refractivity contribution in [3.05, 3.63) is 48.2 Å². The van der Waals surface area contributed by atoms with Gasteiger partial charge < -0.3 is 4.74 Å². The molecule has 0 aliphatic carbocycles. The zero-order chi connectivity index (χ0) is 14.9. The van der Waals surface area contributed by atoms with E-state index in [-0.39, 0.29) is 18.5 Å². The van der Waals surface area contributed by atoms with E-state index in [1.165, 1.54) is 24.5 Å². The van der Waals surface area contributed by atoms with Gasteiger partial charge in [-0.2, -0.15) is 0 Å². The number of nitrogens with zero attached hydrogens (tertiary/aromatic N) is 2. The number of hydrogen-bond acceptors (Lipinski definition) is 3. The van der Waals surface area contributed by atoms with Crippen LogP contribution in [0.3, 0.4) is 0 Å². The maximum Gasteiger partial charge on any atom is 0.271 e. The number of hydrogen-bond donors (Lipinski definition) is 0. The van der Waals surface area contributed by atoms with Crippen molar-refractivity contribution in [3.63, 3.8) is 0 Å². The van der Waals surface area contributed by atoms with Crippen molar-refractivity contribution in [2.45, 2.75) is 24.9 Å². The highest BCUT2D eigenvalue weighted by Crippen LogP contribution is 2.35. The molecule has 0 saturated carbocycles. The van der Waals surface area contributed by atoms with Gasteiger partial charge in [0.1, 0.15) is 18.1 Å². The fourth-order valence-electron chi connectivity index (χ4n) is 2.32. The van der Waals surface area contributed by atoms with E-state index in [9.17, 15) is 13.2 Å². The Morgan fingerprint density at radius 2 is 2.05 bits per heavy atom. The molecule has 3 heterocycles. The van der Waals surface area contributed by atoms with Gasteiger partial charge in [0.2, 0.25) is 0 Å². The fourth-order valence-corrected chi connectivity index (χ4v) is 2.32. The highest BCUT2D eigenvalue weighted by Gasteiger charge is 2.36. The molecule has 1 aliphatic rings. The first-order valence-corrected chi connectivity index (χ1v) is 6.61. The SMILES string of the molecule is Fc1cccnc1-c1ccnc(C2CCC(F)(F)CO2)c1.